The van der Waals surface area contributed by atoms with Crippen molar-refractivity contribution in [2.45, 2.75) is 25.6 Å². The second kappa shape index (κ2) is 4.21. The highest BCUT2D eigenvalue weighted by Gasteiger charge is 2.13. The maximum absolute atomic E-state index is 3.41. The van der Waals surface area contributed by atoms with E-state index in [0.717, 1.165) is 0 Å². The van der Waals surface area contributed by atoms with Crippen LogP contribution in [0.2, 0.25) is 0 Å². The van der Waals surface area contributed by atoms with E-state index in [1.165, 1.54) is 25.3 Å². The van der Waals surface area contributed by atoms with E-state index in [1.54, 1.807) is 0 Å². The summed E-state index contributed by atoms with van der Waals surface area (Å²) in [7, 11) is 0. The van der Waals surface area contributed by atoms with E-state index < -0.39 is 0 Å². The van der Waals surface area contributed by atoms with E-state index in [1.807, 2.05) is 11.8 Å². The minimum atomic E-state index is 0.611. The Hall–Kier alpha value is 0.270. The predicted octanol–water partition coefficient (Wildman–Crippen LogP) is 1.30. The molecule has 3 heteroatoms. The third-order valence-corrected chi connectivity index (χ3v) is 2.61. The SMILES string of the molecule is CCCN1CCSC(C)N1. The van der Waals surface area contributed by atoms with Crippen LogP contribution in [0, 0.1) is 0 Å². The highest BCUT2D eigenvalue weighted by Crippen LogP contribution is 2.12. The molecule has 1 atom stereocenters. The number of hydrogen-bond donors (Lipinski definition) is 1. The monoisotopic (exact) mass is 160 g/mol. The lowest BCUT2D eigenvalue weighted by atomic mass is 10.4. The number of thioether (sulfide) groups is 1. The first-order valence-electron chi connectivity index (χ1n) is 3.95. The number of nitrogens with zero attached hydrogens (tertiary/aromatic N) is 1. The first kappa shape index (κ1) is 8.37. The summed E-state index contributed by atoms with van der Waals surface area (Å²) in [5.74, 6) is 1.27. The molecule has 0 aliphatic carbocycles. The zero-order valence-electron chi connectivity index (χ0n) is 6.76. The van der Waals surface area contributed by atoms with Crippen LogP contribution < -0.4 is 5.43 Å². The summed E-state index contributed by atoms with van der Waals surface area (Å²) in [4.78, 5) is 0. The Kier molecular flexibility index (Phi) is 3.52. The number of rotatable bonds is 2. The van der Waals surface area contributed by atoms with Gasteiger partial charge in [0, 0.05) is 18.8 Å². The molecular formula is C7H16N2S. The Morgan fingerprint density at radius 1 is 1.70 bits per heavy atom. The van der Waals surface area contributed by atoms with Crippen molar-refractivity contribution < 1.29 is 0 Å². The highest BCUT2D eigenvalue weighted by atomic mass is 32.2. The second-order valence-corrected chi connectivity index (χ2v) is 4.08. The van der Waals surface area contributed by atoms with Crippen molar-refractivity contribution in [1.29, 1.82) is 0 Å². The summed E-state index contributed by atoms with van der Waals surface area (Å²) in [6.07, 6.45) is 1.24. The van der Waals surface area contributed by atoms with Gasteiger partial charge in [0.15, 0.2) is 0 Å². The quantitative estimate of drug-likeness (QED) is 0.655. The lowest BCUT2D eigenvalue weighted by Gasteiger charge is -2.31. The molecular weight excluding hydrogens is 144 g/mol. The van der Waals surface area contributed by atoms with E-state index >= 15 is 0 Å². The molecule has 0 radical (unpaired) electrons. The Balaban J connectivity index is 2.18. The third-order valence-electron chi connectivity index (χ3n) is 1.59. The molecule has 0 aromatic rings. The average molecular weight is 160 g/mol. The molecule has 1 rings (SSSR count). The zero-order chi connectivity index (χ0) is 7.40. The molecule has 1 heterocycles. The van der Waals surface area contributed by atoms with Crippen LogP contribution in [0.15, 0.2) is 0 Å². The van der Waals surface area contributed by atoms with E-state index in [4.69, 9.17) is 0 Å². The first-order chi connectivity index (χ1) is 4.83. The van der Waals surface area contributed by atoms with Gasteiger partial charge in [0.25, 0.3) is 0 Å². The van der Waals surface area contributed by atoms with Gasteiger partial charge in [-0.15, -0.1) is 11.8 Å². The highest BCUT2D eigenvalue weighted by molar-refractivity contribution is 7.99. The molecule has 60 valence electrons. The molecule has 0 aromatic heterocycles. The van der Waals surface area contributed by atoms with Gasteiger partial charge in [0.1, 0.15) is 0 Å². The second-order valence-electron chi connectivity index (χ2n) is 2.63. The van der Waals surface area contributed by atoms with Crippen LogP contribution in [0.5, 0.6) is 0 Å². The van der Waals surface area contributed by atoms with E-state index in [0.29, 0.717) is 5.37 Å². The van der Waals surface area contributed by atoms with Gasteiger partial charge >= 0.3 is 0 Å². The molecule has 0 saturated carbocycles. The molecule has 1 aliphatic heterocycles. The van der Waals surface area contributed by atoms with Crippen molar-refractivity contribution in [3.05, 3.63) is 0 Å². The van der Waals surface area contributed by atoms with Crippen molar-refractivity contribution >= 4 is 11.8 Å². The molecule has 1 aliphatic rings. The lowest BCUT2D eigenvalue weighted by Crippen LogP contribution is -2.47. The fourth-order valence-corrected chi connectivity index (χ4v) is 2.05. The summed E-state index contributed by atoms with van der Waals surface area (Å²) in [6.45, 7) is 6.81. The van der Waals surface area contributed by atoms with Crippen molar-refractivity contribution in [2.75, 3.05) is 18.8 Å². The minimum Gasteiger partial charge on any atom is -0.243 e. The van der Waals surface area contributed by atoms with Gasteiger partial charge < -0.3 is 0 Å². The molecule has 1 fully saturated rings. The largest absolute Gasteiger partial charge is 0.243 e. The van der Waals surface area contributed by atoms with E-state index in [9.17, 15) is 0 Å². The van der Waals surface area contributed by atoms with Crippen LogP contribution >= 0.6 is 11.8 Å². The van der Waals surface area contributed by atoms with Crippen LogP contribution in [-0.2, 0) is 0 Å². The van der Waals surface area contributed by atoms with Gasteiger partial charge in [0.05, 0.1) is 5.37 Å². The van der Waals surface area contributed by atoms with Crippen LogP contribution in [0.1, 0.15) is 20.3 Å². The summed E-state index contributed by atoms with van der Waals surface area (Å²) in [5.41, 5.74) is 3.41. The van der Waals surface area contributed by atoms with Crippen molar-refractivity contribution in [1.82, 2.24) is 10.4 Å². The van der Waals surface area contributed by atoms with E-state index in [-0.39, 0.29) is 0 Å². The Morgan fingerprint density at radius 2 is 2.50 bits per heavy atom. The Morgan fingerprint density at radius 3 is 3.10 bits per heavy atom. The van der Waals surface area contributed by atoms with Crippen LogP contribution in [0.25, 0.3) is 0 Å². The van der Waals surface area contributed by atoms with Gasteiger partial charge in [0.2, 0.25) is 0 Å². The van der Waals surface area contributed by atoms with Crippen molar-refractivity contribution in [3.8, 4) is 0 Å². The normalized spacial score (nSPS) is 28.8. The third kappa shape index (κ3) is 2.48. The van der Waals surface area contributed by atoms with E-state index in [2.05, 4.69) is 24.3 Å². The number of hydrogen-bond acceptors (Lipinski definition) is 3. The lowest BCUT2D eigenvalue weighted by molar-refractivity contribution is 0.189. The Bertz CT molecular complexity index is 95.6. The molecule has 1 saturated heterocycles. The maximum atomic E-state index is 3.41. The molecule has 0 spiro atoms. The molecule has 1 N–H and O–H groups in total. The molecule has 0 amide bonds. The van der Waals surface area contributed by atoms with Crippen LogP contribution in [-0.4, -0.2) is 29.2 Å². The van der Waals surface area contributed by atoms with Gasteiger partial charge in [-0.2, -0.15) is 0 Å². The average Bonchev–Trinajstić information content (AvgIpc) is 1.88. The van der Waals surface area contributed by atoms with Crippen LogP contribution in [0.3, 0.4) is 0 Å². The summed E-state index contributed by atoms with van der Waals surface area (Å²) in [6, 6.07) is 0. The van der Waals surface area contributed by atoms with Gasteiger partial charge in [-0.05, 0) is 13.3 Å². The van der Waals surface area contributed by atoms with Gasteiger partial charge in [-0.25, -0.2) is 10.4 Å². The van der Waals surface area contributed by atoms with Crippen molar-refractivity contribution in [2.24, 2.45) is 0 Å². The summed E-state index contributed by atoms with van der Waals surface area (Å²) in [5, 5.41) is 2.93. The van der Waals surface area contributed by atoms with Crippen LogP contribution in [0.4, 0.5) is 0 Å². The fraction of sp³-hybridized carbons (Fsp3) is 1.00. The maximum Gasteiger partial charge on any atom is 0.0640 e. The predicted molar refractivity (Wildman–Crippen MR) is 46.9 cm³/mol. The summed E-state index contributed by atoms with van der Waals surface area (Å²) < 4.78 is 0. The Labute approximate surface area is 67.3 Å². The molecule has 0 aromatic carbocycles. The molecule has 10 heavy (non-hydrogen) atoms. The minimum absolute atomic E-state index is 0.611. The number of hydrazine groups is 1. The van der Waals surface area contributed by atoms with Gasteiger partial charge in [-0.1, -0.05) is 6.92 Å². The molecule has 2 nitrogen and oxygen atoms in total. The zero-order valence-corrected chi connectivity index (χ0v) is 7.58. The smallest absolute Gasteiger partial charge is 0.0640 e. The van der Waals surface area contributed by atoms with Crippen molar-refractivity contribution in [3.63, 3.8) is 0 Å². The molecule has 1 unspecified atom stereocenters. The van der Waals surface area contributed by atoms with Gasteiger partial charge in [-0.3, -0.25) is 0 Å². The topological polar surface area (TPSA) is 15.3 Å². The standard InChI is InChI=1S/C7H16N2S/c1-3-4-9-5-6-10-7(2)8-9/h7-8H,3-6H2,1-2H3. The fourth-order valence-electron chi connectivity index (χ4n) is 1.14. The summed E-state index contributed by atoms with van der Waals surface area (Å²) >= 11 is 1.99. The first-order valence-corrected chi connectivity index (χ1v) is 5.00. The number of nitrogens with one attached hydrogen (secondary N) is 1. The molecule has 0 bridgehead atoms.